The zero-order valence-electron chi connectivity index (χ0n) is 13.6. The van der Waals surface area contributed by atoms with Crippen LogP contribution in [0.2, 0.25) is 0 Å². The van der Waals surface area contributed by atoms with E-state index >= 15 is 0 Å². The summed E-state index contributed by atoms with van der Waals surface area (Å²) in [6, 6.07) is 7.90. The molecule has 1 unspecified atom stereocenters. The van der Waals surface area contributed by atoms with Crippen LogP contribution >= 0.6 is 0 Å². The second-order valence-electron chi connectivity index (χ2n) is 6.94. The Morgan fingerprint density at radius 1 is 1.50 bits per heavy atom. The molecule has 0 spiro atoms. The Bertz CT molecular complexity index is 845. The van der Waals surface area contributed by atoms with Gasteiger partial charge >= 0.3 is 0 Å². The number of aliphatic hydroxyl groups is 1. The van der Waals surface area contributed by atoms with E-state index in [2.05, 4.69) is 20.9 Å². The Morgan fingerprint density at radius 3 is 2.88 bits per heavy atom. The molecular formula is C18H20N4O2. The lowest BCUT2D eigenvalue weighted by molar-refractivity contribution is -0.118. The molecule has 24 heavy (non-hydrogen) atoms. The summed E-state index contributed by atoms with van der Waals surface area (Å²) in [5, 5.41) is 21.7. The van der Waals surface area contributed by atoms with E-state index in [1.807, 2.05) is 12.1 Å². The summed E-state index contributed by atoms with van der Waals surface area (Å²) in [6.07, 6.45) is 3.56. The summed E-state index contributed by atoms with van der Waals surface area (Å²) in [6.45, 7) is 1.73. The number of fused-ring (bicyclic) bond motifs is 1. The number of carbonyl (C=O) groups is 1. The molecular weight excluding hydrogens is 304 g/mol. The number of carbonyl (C=O) groups excluding carboxylic acids is 1. The average Bonchev–Trinajstić information content (AvgIpc) is 3.25. The first-order chi connectivity index (χ1) is 11.6. The highest BCUT2D eigenvalue weighted by molar-refractivity contribution is 5.95. The topological polar surface area (TPSA) is 90.9 Å². The molecule has 6 heteroatoms. The third-order valence-corrected chi connectivity index (χ3v) is 5.29. The number of hydrogen-bond donors (Lipinski definition) is 2. The summed E-state index contributed by atoms with van der Waals surface area (Å²) in [5.74, 6) is 0.411. The minimum absolute atomic E-state index is 0.0525. The van der Waals surface area contributed by atoms with Gasteiger partial charge in [-0.25, -0.2) is 4.98 Å². The number of nitriles is 1. The van der Waals surface area contributed by atoms with Gasteiger partial charge in [-0.05, 0) is 56.7 Å². The number of aromatic nitrogens is 2. The van der Waals surface area contributed by atoms with Crippen LogP contribution in [0.4, 0.5) is 5.95 Å². The molecule has 1 heterocycles. The predicted octanol–water partition coefficient (Wildman–Crippen LogP) is 2.59. The van der Waals surface area contributed by atoms with Gasteiger partial charge in [-0.15, -0.1) is 0 Å². The van der Waals surface area contributed by atoms with Crippen molar-refractivity contribution in [2.45, 2.75) is 44.8 Å². The number of benzene rings is 1. The standard InChI is InChI=1S/C18H20N4O2/c1-10(23)13-8-14(13)17(24)21-18-20-15-6-5-11(9-19)7-16(15)22(18)12-3-2-4-12/h5-7,10,12-14,23H,2-4,8H2,1H3,(H,20,21,24)/t10?,13-,14+/m1/s1. The van der Waals surface area contributed by atoms with Gasteiger partial charge in [0.05, 0.1) is 28.8 Å². The van der Waals surface area contributed by atoms with E-state index in [1.54, 1.807) is 13.0 Å². The lowest BCUT2D eigenvalue weighted by atomic mass is 9.92. The molecule has 2 N–H and O–H groups in total. The summed E-state index contributed by atoms with van der Waals surface area (Å²) in [7, 11) is 0. The van der Waals surface area contributed by atoms with E-state index in [9.17, 15) is 9.90 Å². The third-order valence-electron chi connectivity index (χ3n) is 5.29. The molecule has 124 valence electrons. The van der Waals surface area contributed by atoms with Crippen molar-refractivity contribution in [3.63, 3.8) is 0 Å². The van der Waals surface area contributed by atoms with Gasteiger partial charge in [0, 0.05) is 12.0 Å². The van der Waals surface area contributed by atoms with E-state index < -0.39 is 6.10 Å². The Labute approximate surface area is 140 Å². The van der Waals surface area contributed by atoms with Crippen molar-refractivity contribution >= 4 is 22.9 Å². The summed E-state index contributed by atoms with van der Waals surface area (Å²) in [4.78, 5) is 17.0. The highest BCUT2D eigenvalue weighted by Gasteiger charge is 2.46. The van der Waals surface area contributed by atoms with Crippen LogP contribution in [0.1, 0.15) is 44.2 Å². The number of imidazole rings is 1. The molecule has 0 aliphatic heterocycles. The fourth-order valence-corrected chi connectivity index (χ4v) is 3.52. The number of hydrogen-bond acceptors (Lipinski definition) is 4. The molecule has 2 fully saturated rings. The van der Waals surface area contributed by atoms with Crippen molar-refractivity contribution in [2.24, 2.45) is 11.8 Å². The molecule has 1 aromatic heterocycles. The molecule has 1 amide bonds. The molecule has 0 saturated heterocycles. The number of anilines is 1. The maximum Gasteiger partial charge on any atom is 0.230 e. The van der Waals surface area contributed by atoms with Crippen LogP contribution in [0.15, 0.2) is 18.2 Å². The van der Waals surface area contributed by atoms with Crippen molar-refractivity contribution in [3.05, 3.63) is 23.8 Å². The largest absolute Gasteiger partial charge is 0.393 e. The highest BCUT2D eigenvalue weighted by atomic mass is 16.3. The molecule has 3 atom stereocenters. The van der Waals surface area contributed by atoms with Crippen molar-refractivity contribution in [3.8, 4) is 6.07 Å². The van der Waals surface area contributed by atoms with Gasteiger partial charge in [0.1, 0.15) is 0 Å². The maximum atomic E-state index is 12.4. The normalized spacial score (nSPS) is 24.2. The molecule has 4 rings (SSSR count). The number of nitrogens with one attached hydrogen (secondary N) is 1. The Hall–Kier alpha value is -2.39. The lowest BCUT2D eigenvalue weighted by Gasteiger charge is -2.29. The van der Waals surface area contributed by atoms with Crippen LogP contribution in [0.25, 0.3) is 11.0 Å². The lowest BCUT2D eigenvalue weighted by Crippen LogP contribution is -2.24. The average molecular weight is 324 g/mol. The van der Waals surface area contributed by atoms with Gasteiger partial charge in [-0.1, -0.05) is 0 Å². The molecule has 6 nitrogen and oxygen atoms in total. The molecule has 2 aliphatic carbocycles. The van der Waals surface area contributed by atoms with E-state index in [-0.39, 0.29) is 17.7 Å². The molecule has 0 bridgehead atoms. The van der Waals surface area contributed by atoms with Crippen LogP contribution < -0.4 is 5.32 Å². The third kappa shape index (κ3) is 2.45. The summed E-state index contributed by atoms with van der Waals surface area (Å²) < 4.78 is 2.07. The molecule has 1 aromatic carbocycles. The van der Waals surface area contributed by atoms with Crippen molar-refractivity contribution < 1.29 is 9.90 Å². The van der Waals surface area contributed by atoms with Gasteiger partial charge < -0.3 is 9.67 Å². The van der Waals surface area contributed by atoms with E-state index in [0.29, 0.717) is 17.6 Å². The molecule has 2 aromatic rings. The maximum absolute atomic E-state index is 12.4. The van der Waals surface area contributed by atoms with Crippen molar-refractivity contribution in [2.75, 3.05) is 5.32 Å². The minimum atomic E-state index is -0.454. The summed E-state index contributed by atoms with van der Waals surface area (Å²) >= 11 is 0. The van der Waals surface area contributed by atoms with Gasteiger partial charge in [-0.3, -0.25) is 10.1 Å². The van der Waals surface area contributed by atoms with Crippen LogP contribution in [0, 0.1) is 23.2 Å². The Morgan fingerprint density at radius 2 is 2.29 bits per heavy atom. The van der Waals surface area contributed by atoms with E-state index in [0.717, 1.165) is 30.3 Å². The molecule has 2 aliphatic rings. The fourth-order valence-electron chi connectivity index (χ4n) is 3.52. The van der Waals surface area contributed by atoms with E-state index in [1.165, 1.54) is 6.42 Å². The van der Waals surface area contributed by atoms with Crippen molar-refractivity contribution in [1.29, 1.82) is 5.26 Å². The van der Waals surface area contributed by atoms with Crippen LogP contribution in [-0.2, 0) is 4.79 Å². The Kier molecular flexibility index (Phi) is 3.54. The first kappa shape index (κ1) is 15.2. The van der Waals surface area contributed by atoms with Gasteiger partial charge in [-0.2, -0.15) is 5.26 Å². The van der Waals surface area contributed by atoms with Gasteiger partial charge in [0.25, 0.3) is 0 Å². The number of nitrogens with zero attached hydrogens (tertiary/aromatic N) is 3. The Balaban J connectivity index is 1.67. The predicted molar refractivity (Wildman–Crippen MR) is 89.2 cm³/mol. The molecule has 0 radical (unpaired) electrons. The van der Waals surface area contributed by atoms with Gasteiger partial charge in [0.2, 0.25) is 11.9 Å². The van der Waals surface area contributed by atoms with Crippen molar-refractivity contribution in [1.82, 2.24) is 9.55 Å². The first-order valence-corrected chi connectivity index (χ1v) is 8.49. The first-order valence-electron chi connectivity index (χ1n) is 8.49. The number of aliphatic hydroxyl groups excluding tert-OH is 1. The fraction of sp³-hybridized carbons (Fsp3) is 0.500. The van der Waals surface area contributed by atoms with Crippen LogP contribution in [-0.4, -0.2) is 26.7 Å². The summed E-state index contributed by atoms with van der Waals surface area (Å²) in [5.41, 5.74) is 2.29. The van der Waals surface area contributed by atoms with Crippen LogP contribution in [0.3, 0.4) is 0 Å². The number of rotatable bonds is 4. The molecule has 2 saturated carbocycles. The number of amides is 1. The van der Waals surface area contributed by atoms with Gasteiger partial charge in [0.15, 0.2) is 0 Å². The smallest absolute Gasteiger partial charge is 0.230 e. The zero-order valence-corrected chi connectivity index (χ0v) is 13.6. The minimum Gasteiger partial charge on any atom is -0.393 e. The monoisotopic (exact) mass is 324 g/mol. The zero-order chi connectivity index (χ0) is 16.8. The quantitative estimate of drug-likeness (QED) is 0.904. The van der Waals surface area contributed by atoms with Crippen LogP contribution in [0.5, 0.6) is 0 Å². The van der Waals surface area contributed by atoms with E-state index in [4.69, 9.17) is 5.26 Å². The second-order valence-corrected chi connectivity index (χ2v) is 6.94. The SMILES string of the molecule is CC(O)[C@H]1C[C@@H]1C(=O)Nc1nc2ccc(C#N)cc2n1C1CCC1. The highest BCUT2D eigenvalue weighted by Crippen LogP contribution is 2.43. The second kappa shape index (κ2) is 5.60.